The van der Waals surface area contributed by atoms with Crippen LogP contribution >= 0.6 is 0 Å². The predicted molar refractivity (Wildman–Crippen MR) is 68.6 cm³/mol. The molecule has 1 fully saturated rings. The van der Waals surface area contributed by atoms with Crippen LogP contribution in [0.1, 0.15) is 18.4 Å². The second kappa shape index (κ2) is 8.30. The minimum absolute atomic E-state index is 0. The third kappa shape index (κ3) is 5.36. The number of hydrogen-bond acceptors (Lipinski definition) is 1. The Labute approximate surface area is 115 Å². The van der Waals surface area contributed by atoms with Crippen molar-refractivity contribution in [2.75, 3.05) is 13.1 Å². The first-order valence-corrected chi connectivity index (χ1v) is 6.05. The first-order valence-electron chi connectivity index (χ1n) is 6.05. The van der Waals surface area contributed by atoms with Crippen LogP contribution in [0.25, 0.3) is 0 Å². The molecule has 1 aliphatic heterocycles. The van der Waals surface area contributed by atoms with E-state index in [0.717, 1.165) is 6.54 Å². The largest absolute Gasteiger partial charge is 2.00 e. The minimum Gasteiger partial charge on any atom is -0.311 e. The first kappa shape index (κ1) is 14.2. The second-order valence-corrected chi connectivity index (χ2v) is 4.24. The fourth-order valence-corrected chi connectivity index (χ4v) is 2.04. The monoisotopic (exact) mass is 269 g/mol. The van der Waals surface area contributed by atoms with E-state index in [2.05, 4.69) is 29.2 Å². The summed E-state index contributed by atoms with van der Waals surface area (Å²) in [6.45, 7) is 3.75. The van der Waals surface area contributed by atoms with Crippen LogP contribution in [0.15, 0.2) is 54.6 Å². The molecule has 3 rings (SSSR count). The molecule has 0 atom stereocenters. The summed E-state index contributed by atoms with van der Waals surface area (Å²) in [7, 11) is 0. The summed E-state index contributed by atoms with van der Waals surface area (Å²) in [5.41, 5.74) is 1.46. The average Bonchev–Trinajstić information content (AvgIpc) is 3.05. The first-order chi connectivity index (χ1) is 7.95. The molecule has 17 heavy (non-hydrogen) atoms. The van der Waals surface area contributed by atoms with E-state index in [1.165, 1.54) is 31.5 Å². The van der Waals surface area contributed by atoms with Crippen LogP contribution in [0, 0.1) is 0 Å². The van der Waals surface area contributed by atoms with Crippen LogP contribution in [-0.4, -0.2) is 18.0 Å². The van der Waals surface area contributed by atoms with Crippen LogP contribution < -0.4 is 0 Å². The Morgan fingerprint density at radius 2 is 1.71 bits per heavy atom. The summed E-state index contributed by atoms with van der Waals surface area (Å²) in [6.07, 6.45) is 2.78. The molecule has 1 saturated heterocycles. The van der Waals surface area contributed by atoms with E-state index >= 15 is 0 Å². The maximum Gasteiger partial charge on any atom is 2.00 e. The van der Waals surface area contributed by atoms with Crippen molar-refractivity contribution in [3.05, 3.63) is 60.2 Å². The fourth-order valence-electron chi connectivity index (χ4n) is 2.04. The van der Waals surface area contributed by atoms with Gasteiger partial charge in [-0.3, -0.25) is 0 Å². The zero-order chi connectivity index (χ0) is 11.1. The molecule has 0 aromatic heterocycles. The van der Waals surface area contributed by atoms with Crippen molar-refractivity contribution in [1.82, 2.24) is 4.90 Å². The molecule has 0 spiro atoms. The number of nitrogens with zero attached hydrogens (tertiary/aromatic N) is 1. The van der Waals surface area contributed by atoms with Crippen molar-refractivity contribution in [3.8, 4) is 0 Å². The summed E-state index contributed by atoms with van der Waals surface area (Å²) in [4.78, 5) is 2.52. The van der Waals surface area contributed by atoms with E-state index in [0.29, 0.717) is 0 Å². The topological polar surface area (TPSA) is 3.24 Å². The van der Waals surface area contributed by atoms with Crippen LogP contribution in [-0.2, 0) is 23.6 Å². The Hall–Kier alpha value is -0.821. The summed E-state index contributed by atoms with van der Waals surface area (Å²) in [6, 6.07) is 18.6. The summed E-state index contributed by atoms with van der Waals surface area (Å²) >= 11 is 0. The molecule has 0 radical (unpaired) electrons. The van der Waals surface area contributed by atoms with Gasteiger partial charge in [-0.1, -0.05) is 0 Å². The quantitative estimate of drug-likeness (QED) is 0.596. The van der Waals surface area contributed by atoms with E-state index in [1.54, 1.807) is 0 Å². The van der Waals surface area contributed by atoms with E-state index < -0.39 is 0 Å². The molecular formula is C15H19FeN. The summed E-state index contributed by atoms with van der Waals surface area (Å²) < 4.78 is 0. The van der Waals surface area contributed by atoms with Gasteiger partial charge in [-0.25, -0.2) is 18.2 Å². The maximum atomic E-state index is 2.52. The Balaban J connectivity index is 0.000000205. The Bertz CT molecular complexity index is 327. The van der Waals surface area contributed by atoms with E-state index in [4.69, 9.17) is 0 Å². The second-order valence-electron chi connectivity index (χ2n) is 4.24. The van der Waals surface area contributed by atoms with Crippen molar-refractivity contribution in [2.45, 2.75) is 19.4 Å². The van der Waals surface area contributed by atoms with Crippen LogP contribution in [0.4, 0.5) is 0 Å². The van der Waals surface area contributed by atoms with Gasteiger partial charge < -0.3 is 4.90 Å². The normalized spacial score (nSPS) is 14.8. The fraction of sp³-hybridized carbons (Fsp3) is 0.333. The Kier molecular flexibility index (Phi) is 6.95. The molecule has 92 valence electrons. The SMILES string of the molecule is [Fe+2].c1cc(CN2CCCC2)c[cH-]1.c1cc[cH-]c1. The van der Waals surface area contributed by atoms with Gasteiger partial charge in [0.25, 0.3) is 0 Å². The van der Waals surface area contributed by atoms with Crippen molar-refractivity contribution < 1.29 is 17.1 Å². The predicted octanol–water partition coefficient (Wildman–Crippen LogP) is 3.40. The van der Waals surface area contributed by atoms with Gasteiger partial charge in [-0.05, 0) is 32.5 Å². The van der Waals surface area contributed by atoms with Crippen molar-refractivity contribution in [1.29, 1.82) is 0 Å². The number of rotatable bonds is 2. The Morgan fingerprint density at radius 1 is 1.00 bits per heavy atom. The molecule has 0 aliphatic carbocycles. The van der Waals surface area contributed by atoms with E-state index in [1.807, 2.05) is 30.3 Å². The van der Waals surface area contributed by atoms with Crippen molar-refractivity contribution >= 4 is 0 Å². The standard InChI is InChI=1S/C10H14N.C5H5.Fe/c1-2-6-10(5-1)9-11-7-3-4-8-11;1-2-4-5-3-1;/h1-2,5-6H,3-4,7-9H2;1-5H;/q2*-1;+2. The number of hydrogen-bond donors (Lipinski definition) is 0. The van der Waals surface area contributed by atoms with Gasteiger partial charge in [0.05, 0.1) is 0 Å². The molecule has 0 bridgehead atoms. The number of likely N-dealkylation sites (tertiary alicyclic amines) is 1. The van der Waals surface area contributed by atoms with Gasteiger partial charge in [-0.15, -0.1) is 0 Å². The average molecular weight is 269 g/mol. The summed E-state index contributed by atoms with van der Waals surface area (Å²) in [5.74, 6) is 0. The molecule has 2 aromatic rings. The maximum absolute atomic E-state index is 2.52. The molecule has 0 saturated carbocycles. The molecule has 0 N–H and O–H groups in total. The smallest absolute Gasteiger partial charge is 0.311 e. The molecule has 0 unspecified atom stereocenters. The van der Waals surface area contributed by atoms with E-state index in [-0.39, 0.29) is 17.1 Å². The van der Waals surface area contributed by atoms with Crippen LogP contribution in [0.5, 0.6) is 0 Å². The van der Waals surface area contributed by atoms with Crippen molar-refractivity contribution in [3.63, 3.8) is 0 Å². The van der Waals surface area contributed by atoms with Crippen LogP contribution in [0.3, 0.4) is 0 Å². The zero-order valence-corrected chi connectivity index (χ0v) is 11.1. The zero-order valence-electron chi connectivity index (χ0n) is 10.0. The molecule has 1 aliphatic rings. The molecule has 1 heterocycles. The minimum atomic E-state index is 0. The summed E-state index contributed by atoms with van der Waals surface area (Å²) in [5, 5.41) is 0. The van der Waals surface area contributed by atoms with Gasteiger partial charge in [0.2, 0.25) is 0 Å². The van der Waals surface area contributed by atoms with Gasteiger partial charge in [-0.2, -0.15) is 42.0 Å². The third-order valence-corrected chi connectivity index (χ3v) is 2.89. The van der Waals surface area contributed by atoms with Gasteiger partial charge >= 0.3 is 17.1 Å². The Morgan fingerprint density at radius 3 is 2.18 bits per heavy atom. The van der Waals surface area contributed by atoms with Gasteiger partial charge in [0.15, 0.2) is 0 Å². The third-order valence-electron chi connectivity index (χ3n) is 2.89. The molecular weight excluding hydrogens is 250 g/mol. The molecule has 0 amide bonds. The van der Waals surface area contributed by atoms with Crippen LogP contribution in [0.2, 0.25) is 0 Å². The van der Waals surface area contributed by atoms with Gasteiger partial charge in [0, 0.05) is 0 Å². The van der Waals surface area contributed by atoms with E-state index in [9.17, 15) is 0 Å². The molecule has 2 aromatic carbocycles. The molecule has 2 heteroatoms. The molecule has 1 nitrogen and oxygen atoms in total. The van der Waals surface area contributed by atoms with Gasteiger partial charge in [0.1, 0.15) is 0 Å². The van der Waals surface area contributed by atoms with Crippen molar-refractivity contribution in [2.24, 2.45) is 0 Å².